The fraction of sp³-hybridized carbons (Fsp3) is 0.143. The summed E-state index contributed by atoms with van der Waals surface area (Å²) in [6.07, 6.45) is 0. The molecule has 0 unspecified atom stereocenters. The second-order valence-corrected chi connectivity index (χ2v) is 7.42. The molecule has 1 N–H and O–H groups in total. The number of aromatic amines is 1. The number of benzene rings is 2. The van der Waals surface area contributed by atoms with Crippen LogP contribution in [0.25, 0.3) is 16.7 Å². The van der Waals surface area contributed by atoms with Crippen molar-refractivity contribution in [2.75, 3.05) is 7.11 Å². The van der Waals surface area contributed by atoms with Gasteiger partial charge in [-0.05, 0) is 55.0 Å². The molecule has 0 amide bonds. The summed E-state index contributed by atoms with van der Waals surface area (Å²) in [5.74, 6) is -0.284. The maximum absolute atomic E-state index is 14.0. The Morgan fingerprint density at radius 2 is 1.90 bits per heavy atom. The summed E-state index contributed by atoms with van der Waals surface area (Å²) in [4.78, 5) is 20.7. The number of aromatic nitrogens is 3. The second kappa shape index (κ2) is 7.71. The minimum atomic E-state index is -0.453. The number of ether oxygens (including phenoxy) is 1. The van der Waals surface area contributed by atoms with Crippen LogP contribution in [0.4, 0.5) is 8.78 Å². The van der Waals surface area contributed by atoms with Crippen molar-refractivity contribution in [1.29, 1.82) is 0 Å². The lowest BCUT2D eigenvalue weighted by molar-refractivity contribution is 0.386. The van der Waals surface area contributed by atoms with Crippen LogP contribution in [0.3, 0.4) is 0 Å². The van der Waals surface area contributed by atoms with Crippen molar-refractivity contribution < 1.29 is 13.5 Å². The molecule has 0 aliphatic rings. The molecule has 0 saturated heterocycles. The molecule has 0 radical (unpaired) electrons. The third-order valence-corrected chi connectivity index (χ3v) is 5.43. The summed E-state index contributed by atoms with van der Waals surface area (Å²) in [7, 11) is 1.41. The quantitative estimate of drug-likeness (QED) is 0.384. The highest BCUT2D eigenvalue weighted by molar-refractivity contribution is 7.98. The number of halogens is 2. The topological polar surface area (TPSA) is 59.9 Å². The largest absolute Gasteiger partial charge is 0.494 e. The number of methoxy groups -OCH3 is 1. The minimum Gasteiger partial charge on any atom is -0.494 e. The number of hydrogen-bond donors (Lipinski definition) is 1. The monoisotopic (exact) mass is 413 g/mol. The van der Waals surface area contributed by atoms with Crippen LogP contribution >= 0.6 is 11.8 Å². The zero-order chi connectivity index (χ0) is 20.5. The lowest BCUT2D eigenvalue weighted by Crippen LogP contribution is -2.21. The molecule has 2 aromatic carbocycles. The van der Waals surface area contributed by atoms with Crippen LogP contribution in [-0.2, 0) is 5.75 Å². The van der Waals surface area contributed by atoms with Gasteiger partial charge in [0.15, 0.2) is 16.7 Å². The third kappa shape index (κ3) is 3.75. The first-order chi connectivity index (χ1) is 14.0. The van der Waals surface area contributed by atoms with E-state index < -0.39 is 11.6 Å². The number of nitrogens with zero attached hydrogens (tertiary/aromatic N) is 2. The van der Waals surface area contributed by atoms with E-state index in [2.05, 4.69) is 9.97 Å². The Hall–Kier alpha value is -3.13. The third-order valence-electron chi connectivity index (χ3n) is 4.42. The summed E-state index contributed by atoms with van der Waals surface area (Å²) in [6.45, 7) is 1.84. The van der Waals surface area contributed by atoms with E-state index in [0.29, 0.717) is 27.6 Å². The number of rotatable bonds is 5. The number of thioether (sulfide) groups is 1. The molecule has 0 aliphatic carbocycles. The van der Waals surface area contributed by atoms with Crippen molar-refractivity contribution in [2.45, 2.75) is 17.8 Å². The highest BCUT2D eigenvalue weighted by Crippen LogP contribution is 2.27. The van der Waals surface area contributed by atoms with Crippen LogP contribution in [-0.4, -0.2) is 21.6 Å². The summed E-state index contributed by atoms with van der Waals surface area (Å²) >= 11 is 1.30. The SMILES string of the molecule is COc1ccc(CSc2nc3cc(C)[nH]c3c(=O)n2-c2ccc(F)cc2)cc1F. The fourth-order valence-electron chi connectivity index (χ4n) is 3.04. The maximum atomic E-state index is 14.0. The average Bonchev–Trinajstić information content (AvgIpc) is 3.08. The van der Waals surface area contributed by atoms with Crippen molar-refractivity contribution >= 4 is 22.8 Å². The summed E-state index contributed by atoms with van der Waals surface area (Å²) in [6, 6.07) is 12.1. The van der Waals surface area contributed by atoms with Gasteiger partial charge in [0, 0.05) is 11.4 Å². The van der Waals surface area contributed by atoms with E-state index >= 15 is 0 Å². The van der Waals surface area contributed by atoms with Gasteiger partial charge >= 0.3 is 0 Å². The van der Waals surface area contributed by atoms with Gasteiger partial charge in [0.2, 0.25) is 0 Å². The summed E-state index contributed by atoms with van der Waals surface area (Å²) < 4.78 is 33.7. The van der Waals surface area contributed by atoms with Crippen molar-refractivity contribution in [3.63, 3.8) is 0 Å². The molecular weight excluding hydrogens is 396 g/mol. The van der Waals surface area contributed by atoms with E-state index in [0.717, 1.165) is 11.3 Å². The van der Waals surface area contributed by atoms with Gasteiger partial charge in [-0.3, -0.25) is 9.36 Å². The van der Waals surface area contributed by atoms with Crippen LogP contribution in [0.2, 0.25) is 0 Å². The summed E-state index contributed by atoms with van der Waals surface area (Å²) in [5, 5.41) is 0.435. The normalized spacial score (nSPS) is 11.2. The molecule has 0 aliphatic heterocycles. The smallest absolute Gasteiger partial charge is 0.283 e. The maximum Gasteiger partial charge on any atom is 0.283 e. The Morgan fingerprint density at radius 3 is 2.59 bits per heavy atom. The fourth-order valence-corrected chi connectivity index (χ4v) is 4.00. The van der Waals surface area contributed by atoms with Crippen LogP contribution < -0.4 is 10.3 Å². The lowest BCUT2D eigenvalue weighted by Gasteiger charge is -2.12. The predicted octanol–water partition coefficient (Wildman–Crippen LogP) is 4.60. The van der Waals surface area contributed by atoms with Crippen molar-refractivity contribution in [1.82, 2.24) is 14.5 Å². The van der Waals surface area contributed by atoms with Crippen molar-refractivity contribution in [3.05, 3.63) is 81.8 Å². The van der Waals surface area contributed by atoms with Crippen LogP contribution in [0, 0.1) is 18.6 Å². The van der Waals surface area contributed by atoms with E-state index in [4.69, 9.17) is 4.74 Å². The first-order valence-electron chi connectivity index (χ1n) is 8.80. The molecule has 0 atom stereocenters. The molecule has 0 spiro atoms. The van der Waals surface area contributed by atoms with Gasteiger partial charge in [-0.25, -0.2) is 13.8 Å². The Bertz CT molecular complexity index is 1250. The van der Waals surface area contributed by atoms with Gasteiger partial charge in [0.1, 0.15) is 11.3 Å². The molecule has 4 rings (SSSR count). The van der Waals surface area contributed by atoms with Gasteiger partial charge in [-0.1, -0.05) is 17.8 Å². The first kappa shape index (κ1) is 19.2. The lowest BCUT2D eigenvalue weighted by atomic mass is 10.2. The summed E-state index contributed by atoms with van der Waals surface area (Å²) in [5.41, 5.74) is 2.69. The molecule has 2 heterocycles. The number of aryl methyl sites for hydroxylation is 1. The second-order valence-electron chi connectivity index (χ2n) is 6.48. The predicted molar refractivity (Wildman–Crippen MR) is 109 cm³/mol. The van der Waals surface area contributed by atoms with Gasteiger partial charge in [-0.2, -0.15) is 0 Å². The number of H-pyrrole nitrogens is 1. The molecular formula is C21H17F2N3O2S. The number of nitrogens with one attached hydrogen (secondary N) is 1. The number of hydrogen-bond acceptors (Lipinski definition) is 4. The van der Waals surface area contributed by atoms with E-state index in [1.807, 2.05) is 6.92 Å². The van der Waals surface area contributed by atoms with E-state index in [-0.39, 0.29) is 11.3 Å². The Balaban J connectivity index is 1.77. The van der Waals surface area contributed by atoms with E-state index in [1.54, 1.807) is 18.2 Å². The van der Waals surface area contributed by atoms with Crippen LogP contribution in [0.1, 0.15) is 11.3 Å². The van der Waals surface area contributed by atoms with E-state index in [1.165, 1.54) is 53.8 Å². The van der Waals surface area contributed by atoms with Crippen molar-refractivity contribution in [3.8, 4) is 11.4 Å². The molecule has 0 saturated carbocycles. The molecule has 2 aromatic heterocycles. The highest BCUT2D eigenvalue weighted by Gasteiger charge is 2.16. The van der Waals surface area contributed by atoms with Crippen LogP contribution in [0.5, 0.6) is 5.75 Å². The molecule has 0 fully saturated rings. The molecule has 29 heavy (non-hydrogen) atoms. The van der Waals surface area contributed by atoms with Crippen molar-refractivity contribution in [2.24, 2.45) is 0 Å². The first-order valence-corrected chi connectivity index (χ1v) is 9.78. The molecule has 148 valence electrons. The Morgan fingerprint density at radius 1 is 1.14 bits per heavy atom. The van der Waals surface area contributed by atoms with Gasteiger partial charge in [0.05, 0.1) is 18.3 Å². The standard InChI is InChI=1S/C21H17F2N3O2S/c1-12-9-17-19(24-12)20(27)26(15-6-4-14(22)5-7-15)21(25-17)29-11-13-3-8-18(28-2)16(23)10-13/h3-10,24H,11H2,1-2H3. The molecule has 4 aromatic rings. The molecule has 8 heteroatoms. The zero-order valence-electron chi connectivity index (χ0n) is 15.7. The Kier molecular flexibility index (Phi) is 5.10. The zero-order valence-corrected chi connectivity index (χ0v) is 16.5. The van der Waals surface area contributed by atoms with E-state index in [9.17, 15) is 13.6 Å². The average molecular weight is 413 g/mol. The molecule has 5 nitrogen and oxygen atoms in total. The van der Waals surface area contributed by atoms with Gasteiger partial charge < -0.3 is 9.72 Å². The minimum absolute atomic E-state index is 0.171. The molecule has 0 bridgehead atoms. The van der Waals surface area contributed by atoms with Crippen LogP contribution in [0.15, 0.2) is 58.5 Å². The van der Waals surface area contributed by atoms with Gasteiger partial charge in [0.25, 0.3) is 5.56 Å². The highest BCUT2D eigenvalue weighted by atomic mass is 32.2. The number of fused-ring (bicyclic) bond motifs is 1. The van der Waals surface area contributed by atoms with Gasteiger partial charge in [-0.15, -0.1) is 0 Å². The Labute approximate surface area is 169 Å².